The van der Waals surface area contributed by atoms with Crippen LogP contribution >= 0.6 is 22.7 Å². The van der Waals surface area contributed by atoms with Crippen molar-refractivity contribution >= 4 is 33.5 Å². The maximum Gasteiger partial charge on any atom is 0.203 e. The minimum atomic E-state index is 0.789. The lowest BCUT2D eigenvalue weighted by Gasteiger charge is -1.99. The van der Waals surface area contributed by atoms with Gasteiger partial charge in [-0.1, -0.05) is 12.1 Å². The Kier molecular flexibility index (Phi) is 3.85. The van der Waals surface area contributed by atoms with Crippen LogP contribution in [0.3, 0.4) is 0 Å². The first-order valence-electron chi connectivity index (χ1n) is 6.03. The Labute approximate surface area is 124 Å². The molecule has 0 fully saturated rings. The van der Waals surface area contributed by atoms with Gasteiger partial charge >= 0.3 is 0 Å². The Hall–Kier alpha value is -2.05. The zero-order valence-corrected chi connectivity index (χ0v) is 12.4. The van der Waals surface area contributed by atoms with Crippen molar-refractivity contribution in [2.45, 2.75) is 6.92 Å². The van der Waals surface area contributed by atoms with Crippen molar-refractivity contribution in [3.05, 3.63) is 53.0 Å². The predicted molar refractivity (Wildman–Crippen MR) is 85.5 cm³/mol. The number of thiophene rings is 1. The number of thiazole rings is 1. The second kappa shape index (κ2) is 5.94. The van der Waals surface area contributed by atoms with Crippen molar-refractivity contribution in [2.24, 2.45) is 5.10 Å². The van der Waals surface area contributed by atoms with E-state index in [1.165, 1.54) is 4.88 Å². The predicted octanol–water partition coefficient (Wildman–Crippen LogP) is 4.10. The van der Waals surface area contributed by atoms with Gasteiger partial charge in [0.05, 0.1) is 16.3 Å². The zero-order chi connectivity index (χ0) is 13.8. The molecule has 0 atom stereocenters. The fraction of sp³-hybridized carbons (Fsp3) is 0.0714. The Balaban J connectivity index is 1.73. The van der Waals surface area contributed by atoms with Gasteiger partial charge in [0.15, 0.2) is 0 Å². The van der Waals surface area contributed by atoms with Gasteiger partial charge in [-0.25, -0.2) is 4.98 Å². The van der Waals surface area contributed by atoms with Gasteiger partial charge < -0.3 is 0 Å². The van der Waals surface area contributed by atoms with E-state index in [9.17, 15) is 0 Å². The topological polar surface area (TPSA) is 50.2 Å². The molecule has 0 spiro atoms. The Morgan fingerprint density at radius 3 is 2.95 bits per heavy atom. The number of nitrogens with zero attached hydrogens (tertiary/aromatic N) is 3. The van der Waals surface area contributed by atoms with E-state index in [0.717, 1.165) is 22.1 Å². The number of hydrogen-bond donors (Lipinski definition) is 1. The summed E-state index contributed by atoms with van der Waals surface area (Å²) in [6.07, 6.45) is 3.54. The first-order chi connectivity index (χ1) is 9.83. The molecule has 3 heterocycles. The lowest BCUT2D eigenvalue weighted by molar-refractivity contribution is 1.26. The number of pyridine rings is 1. The van der Waals surface area contributed by atoms with Crippen LogP contribution in [0.15, 0.2) is 52.5 Å². The molecule has 6 heteroatoms. The van der Waals surface area contributed by atoms with Crippen molar-refractivity contribution in [2.75, 3.05) is 5.43 Å². The molecule has 0 aliphatic heterocycles. The largest absolute Gasteiger partial charge is 0.264 e. The third kappa shape index (κ3) is 2.92. The summed E-state index contributed by atoms with van der Waals surface area (Å²) in [4.78, 5) is 9.76. The van der Waals surface area contributed by atoms with Crippen LogP contribution in [0.25, 0.3) is 10.6 Å². The van der Waals surface area contributed by atoms with Crippen molar-refractivity contribution < 1.29 is 0 Å². The standard InChI is InChI=1S/C14H12N4S2/c1-10(11-4-2-6-15-8-11)17-18-14-16-12(9-20-14)13-5-3-7-19-13/h2-9H,1H3,(H,16,18)/b17-10+. The second-order valence-corrected chi connectivity index (χ2v) is 5.87. The van der Waals surface area contributed by atoms with Crippen LogP contribution < -0.4 is 5.43 Å². The zero-order valence-electron chi connectivity index (χ0n) is 10.8. The van der Waals surface area contributed by atoms with Crippen molar-refractivity contribution in [1.82, 2.24) is 9.97 Å². The first kappa shape index (κ1) is 13.0. The Bertz CT molecular complexity index is 702. The highest BCUT2D eigenvalue weighted by atomic mass is 32.1. The monoisotopic (exact) mass is 300 g/mol. The molecule has 0 radical (unpaired) electrons. The summed E-state index contributed by atoms with van der Waals surface area (Å²) in [5.74, 6) is 0. The molecule has 0 aliphatic carbocycles. The smallest absolute Gasteiger partial charge is 0.203 e. The molecule has 3 aromatic heterocycles. The van der Waals surface area contributed by atoms with Crippen LogP contribution in [0.1, 0.15) is 12.5 Å². The van der Waals surface area contributed by atoms with Gasteiger partial charge in [0.1, 0.15) is 0 Å². The molecule has 0 bridgehead atoms. The van der Waals surface area contributed by atoms with Crippen LogP contribution in [0.5, 0.6) is 0 Å². The highest BCUT2D eigenvalue weighted by Crippen LogP contribution is 2.28. The van der Waals surface area contributed by atoms with Crippen molar-refractivity contribution in [1.29, 1.82) is 0 Å². The normalized spacial score (nSPS) is 11.6. The molecule has 0 saturated heterocycles. The minimum absolute atomic E-state index is 0.789. The lowest BCUT2D eigenvalue weighted by Crippen LogP contribution is -1.99. The van der Waals surface area contributed by atoms with Gasteiger partial charge in [-0.15, -0.1) is 22.7 Å². The third-order valence-electron chi connectivity index (χ3n) is 2.68. The molecule has 100 valence electrons. The number of anilines is 1. The highest BCUT2D eigenvalue weighted by Gasteiger charge is 2.04. The Morgan fingerprint density at radius 1 is 1.25 bits per heavy atom. The highest BCUT2D eigenvalue weighted by molar-refractivity contribution is 7.15. The molecule has 3 aromatic rings. The van der Waals surface area contributed by atoms with E-state index in [1.54, 1.807) is 35.1 Å². The van der Waals surface area contributed by atoms with Crippen molar-refractivity contribution in [3.63, 3.8) is 0 Å². The summed E-state index contributed by atoms with van der Waals surface area (Å²) in [6.45, 7) is 1.94. The molecule has 0 unspecified atom stereocenters. The quantitative estimate of drug-likeness (QED) is 0.583. The van der Waals surface area contributed by atoms with Crippen LogP contribution in [-0.2, 0) is 0 Å². The van der Waals surface area contributed by atoms with Gasteiger partial charge in [-0.2, -0.15) is 5.10 Å². The summed E-state index contributed by atoms with van der Waals surface area (Å²) < 4.78 is 0. The number of nitrogens with one attached hydrogen (secondary N) is 1. The SMILES string of the molecule is C/C(=N\Nc1nc(-c2cccs2)cs1)c1cccnc1. The fourth-order valence-corrected chi connectivity index (χ4v) is 3.05. The Morgan fingerprint density at radius 2 is 2.20 bits per heavy atom. The maximum atomic E-state index is 4.51. The minimum Gasteiger partial charge on any atom is -0.264 e. The van der Waals surface area contributed by atoms with E-state index in [-0.39, 0.29) is 0 Å². The molecule has 0 saturated carbocycles. The molecule has 3 rings (SSSR count). The van der Waals surface area contributed by atoms with Gasteiger partial charge in [-0.3, -0.25) is 10.4 Å². The molecular formula is C14H12N4S2. The van der Waals surface area contributed by atoms with Crippen molar-refractivity contribution in [3.8, 4) is 10.6 Å². The summed E-state index contributed by atoms with van der Waals surface area (Å²) in [5, 5.41) is 9.20. The van der Waals surface area contributed by atoms with E-state index in [4.69, 9.17) is 0 Å². The van der Waals surface area contributed by atoms with E-state index in [1.807, 2.05) is 35.9 Å². The van der Waals surface area contributed by atoms with E-state index in [0.29, 0.717) is 0 Å². The molecule has 0 aliphatic rings. The van der Waals surface area contributed by atoms with Crippen LogP contribution in [0.2, 0.25) is 0 Å². The van der Waals surface area contributed by atoms with Crippen LogP contribution in [0.4, 0.5) is 5.13 Å². The number of aromatic nitrogens is 2. The molecule has 20 heavy (non-hydrogen) atoms. The molecule has 1 N–H and O–H groups in total. The molecule has 4 nitrogen and oxygen atoms in total. The first-order valence-corrected chi connectivity index (χ1v) is 7.79. The van der Waals surface area contributed by atoms with Gasteiger partial charge in [0, 0.05) is 23.3 Å². The number of rotatable bonds is 4. The molecule has 0 amide bonds. The molecular weight excluding hydrogens is 288 g/mol. The van der Waals surface area contributed by atoms with Gasteiger partial charge in [-0.05, 0) is 24.4 Å². The van der Waals surface area contributed by atoms with E-state index in [2.05, 4.69) is 26.6 Å². The number of hydrazone groups is 1. The van der Waals surface area contributed by atoms with Gasteiger partial charge in [0.2, 0.25) is 5.13 Å². The summed E-state index contributed by atoms with van der Waals surface area (Å²) in [6, 6.07) is 7.96. The third-order valence-corrected chi connectivity index (χ3v) is 4.32. The average molecular weight is 300 g/mol. The number of hydrogen-bond acceptors (Lipinski definition) is 6. The summed E-state index contributed by atoms with van der Waals surface area (Å²) >= 11 is 3.23. The van der Waals surface area contributed by atoms with E-state index < -0.39 is 0 Å². The fourth-order valence-electron chi connectivity index (χ4n) is 1.64. The van der Waals surface area contributed by atoms with Gasteiger partial charge in [0.25, 0.3) is 0 Å². The molecule has 0 aromatic carbocycles. The summed E-state index contributed by atoms with van der Waals surface area (Å²) in [7, 11) is 0. The maximum absolute atomic E-state index is 4.51. The van der Waals surface area contributed by atoms with Crippen LogP contribution in [0, 0.1) is 0 Å². The average Bonchev–Trinajstić information content (AvgIpc) is 3.16. The lowest BCUT2D eigenvalue weighted by atomic mass is 10.2. The second-order valence-electron chi connectivity index (χ2n) is 4.07. The van der Waals surface area contributed by atoms with Crippen LogP contribution in [-0.4, -0.2) is 15.7 Å². The summed E-state index contributed by atoms with van der Waals surface area (Å²) in [5.41, 5.74) is 5.86. The van der Waals surface area contributed by atoms with E-state index >= 15 is 0 Å².